The molecule has 0 fully saturated rings. The van der Waals surface area contributed by atoms with E-state index in [-0.39, 0.29) is 24.7 Å². The Hall–Kier alpha value is -1.84. The van der Waals surface area contributed by atoms with Gasteiger partial charge in [-0.25, -0.2) is 0 Å². The summed E-state index contributed by atoms with van der Waals surface area (Å²) in [6.45, 7) is 4.23. The predicted molar refractivity (Wildman–Crippen MR) is 70.4 cm³/mol. The Balaban J connectivity index is 2.47. The quantitative estimate of drug-likeness (QED) is 0.816. The van der Waals surface area contributed by atoms with E-state index in [0.717, 1.165) is 5.69 Å². The highest BCUT2D eigenvalue weighted by Gasteiger charge is 2.07. The largest absolute Gasteiger partial charge is 0.469 e. The second kappa shape index (κ2) is 6.79. The van der Waals surface area contributed by atoms with Crippen molar-refractivity contribution in [2.45, 2.75) is 32.6 Å². The van der Waals surface area contributed by atoms with Crippen molar-refractivity contribution in [2.75, 3.05) is 12.4 Å². The molecule has 4 nitrogen and oxygen atoms in total. The van der Waals surface area contributed by atoms with E-state index >= 15 is 0 Å². The Morgan fingerprint density at radius 3 is 2.28 bits per heavy atom. The molecule has 0 unspecified atom stereocenters. The lowest BCUT2D eigenvalue weighted by molar-refractivity contribution is -0.141. The Labute approximate surface area is 107 Å². The number of esters is 1. The fourth-order valence-corrected chi connectivity index (χ4v) is 1.49. The van der Waals surface area contributed by atoms with Crippen LogP contribution >= 0.6 is 0 Å². The normalized spacial score (nSPS) is 10.2. The number of rotatable bonds is 5. The molecule has 98 valence electrons. The van der Waals surface area contributed by atoms with Crippen LogP contribution in [0.15, 0.2) is 24.3 Å². The Bertz CT molecular complexity index is 410. The third kappa shape index (κ3) is 4.57. The van der Waals surface area contributed by atoms with Crippen molar-refractivity contribution >= 4 is 17.6 Å². The summed E-state index contributed by atoms with van der Waals surface area (Å²) >= 11 is 0. The molecule has 1 aromatic rings. The molecule has 0 bridgehead atoms. The van der Waals surface area contributed by atoms with E-state index in [2.05, 4.69) is 23.9 Å². The lowest BCUT2D eigenvalue weighted by Crippen LogP contribution is -2.13. The predicted octanol–water partition coefficient (Wildman–Crippen LogP) is 2.70. The van der Waals surface area contributed by atoms with E-state index < -0.39 is 0 Å². The van der Waals surface area contributed by atoms with Gasteiger partial charge in [0.1, 0.15) is 0 Å². The third-order valence-electron chi connectivity index (χ3n) is 2.64. The van der Waals surface area contributed by atoms with E-state index in [0.29, 0.717) is 5.92 Å². The summed E-state index contributed by atoms with van der Waals surface area (Å²) in [6, 6.07) is 7.71. The van der Waals surface area contributed by atoms with E-state index in [9.17, 15) is 9.59 Å². The van der Waals surface area contributed by atoms with E-state index in [1.54, 1.807) is 0 Å². The summed E-state index contributed by atoms with van der Waals surface area (Å²) in [5.41, 5.74) is 1.97. The highest BCUT2D eigenvalue weighted by atomic mass is 16.5. The summed E-state index contributed by atoms with van der Waals surface area (Å²) in [5, 5.41) is 2.74. The number of benzene rings is 1. The van der Waals surface area contributed by atoms with Crippen molar-refractivity contribution in [2.24, 2.45) is 0 Å². The van der Waals surface area contributed by atoms with Gasteiger partial charge in [0, 0.05) is 12.1 Å². The summed E-state index contributed by atoms with van der Waals surface area (Å²) in [6.07, 6.45) is 0.241. The number of ether oxygens (including phenoxy) is 1. The molecule has 0 aliphatic heterocycles. The molecule has 1 N–H and O–H groups in total. The van der Waals surface area contributed by atoms with Crippen LogP contribution in [0.2, 0.25) is 0 Å². The lowest BCUT2D eigenvalue weighted by atomic mass is 10.0. The Kier molecular flexibility index (Phi) is 5.36. The number of methoxy groups -OCH3 is 1. The van der Waals surface area contributed by atoms with Crippen molar-refractivity contribution < 1.29 is 14.3 Å². The highest BCUT2D eigenvalue weighted by molar-refractivity contribution is 5.92. The fraction of sp³-hybridized carbons (Fsp3) is 0.429. The summed E-state index contributed by atoms with van der Waals surface area (Å²) in [4.78, 5) is 22.4. The SMILES string of the molecule is COC(=O)CCC(=O)Nc1ccc(C(C)C)cc1. The molecule has 0 aliphatic rings. The molecule has 0 radical (unpaired) electrons. The van der Waals surface area contributed by atoms with Crippen LogP contribution in [0.1, 0.15) is 38.2 Å². The van der Waals surface area contributed by atoms with Crippen LogP contribution in [0.5, 0.6) is 0 Å². The number of amides is 1. The second-order valence-corrected chi connectivity index (χ2v) is 4.40. The minimum Gasteiger partial charge on any atom is -0.469 e. The van der Waals surface area contributed by atoms with Crippen LogP contribution < -0.4 is 5.32 Å². The standard InChI is InChI=1S/C14H19NO3/c1-10(2)11-4-6-12(7-5-11)15-13(16)8-9-14(17)18-3/h4-7,10H,8-9H2,1-3H3,(H,15,16). The van der Waals surface area contributed by atoms with Gasteiger partial charge in [0.2, 0.25) is 5.91 Å². The maximum absolute atomic E-state index is 11.5. The van der Waals surface area contributed by atoms with Gasteiger partial charge in [-0.05, 0) is 23.6 Å². The smallest absolute Gasteiger partial charge is 0.306 e. The number of carbonyl (C=O) groups excluding carboxylic acids is 2. The molecule has 0 aromatic heterocycles. The monoisotopic (exact) mass is 249 g/mol. The average Bonchev–Trinajstić information content (AvgIpc) is 2.36. The van der Waals surface area contributed by atoms with Gasteiger partial charge in [0.05, 0.1) is 13.5 Å². The zero-order valence-electron chi connectivity index (χ0n) is 11.0. The zero-order chi connectivity index (χ0) is 13.5. The van der Waals surface area contributed by atoms with Gasteiger partial charge in [-0.15, -0.1) is 0 Å². The van der Waals surface area contributed by atoms with Gasteiger partial charge in [-0.1, -0.05) is 26.0 Å². The van der Waals surface area contributed by atoms with Crippen LogP contribution in [-0.4, -0.2) is 19.0 Å². The van der Waals surface area contributed by atoms with Crippen molar-refractivity contribution in [1.82, 2.24) is 0 Å². The molecule has 1 amide bonds. The minimum absolute atomic E-state index is 0.104. The first-order valence-electron chi connectivity index (χ1n) is 5.99. The molecule has 18 heavy (non-hydrogen) atoms. The maximum atomic E-state index is 11.5. The molecule has 4 heteroatoms. The van der Waals surface area contributed by atoms with Gasteiger partial charge in [0.15, 0.2) is 0 Å². The molecule has 0 spiro atoms. The molecule has 0 heterocycles. The summed E-state index contributed by atoms with van der Waals surface area (Å²) in [7, 11) is 1.31. The van der Waals surface area contributed by atoms with Crippen LogP contribution in [0, 0.1) is 0 Å². The summed E-state index contributed by atoms with van der Waals surface area (Å²) in [5.74, 6) is -0.0907. The van der Waals surface area contributed by atoms with Gasteiger partial charge in [0.25, 0.3) is 0 Å². The average molecular weight is 249 g/mol. The number of nitrogens with one attached hydrogen (secondary N) is 1. The maximum Gasteiger partial charge on any atom is 0.306 e. The van der Waals surface area contributed by atoms with E-state index in [1.807, 2.05) is 24.3 Å². The number of hydrogen-bond acceptors (Lipinski definition) is 3. The van der Waals surface area contributed by atoms with Crippen molar-refractivity contribution in [1.29, 1.82) is 0 Å². The van der Waals surface area contributed by atoms with Crippen LogP contribution in [-0.2, 0) is 14.3 Å². The van der Waals surface area contributed by atoms with Crippen molar-refractivity contribution in [3.05, 3.63) is 29.8 Å². The number of hydrogen-bond donors (Lipinski definition) is 1. The third-order valence-corrected chi connectivity index (χ3v) is 2.64. The van der Waals surface area contributed by atoms with Crippen molar-refractivity contribution in [3.8, 4) is 0 Å². The van der Waals surface area contributed by atoms with Crippen molar-refractivity contribution in [3.63, 3.8) is 0 Å². The second-order valence-electron chi connectivity index (χ2n) is 4.40. The van der Waals surface area contributed by atoms with Crippen LogP contribution in [0.4, 0.5) is 5.69 Å². The molecule has 0 atom stereocenters. The first-order valence-corrected chi connectivity index (χ1v) is 5.99. The zero-order valence-corrected chi connectivity index (χ0v) is 11.0. The molecule has 0 saturated heterocycles. The number of anilines is 1. The number of carbonyl (C=O) groups is 2. The fourth-order valence-electron chi connectivity index (χ4n) is 1.49. The van der Waals surface area contributed by atoms with E-state index in [1.165, 1.54) is 12.7 Å². The first-order chi connectivity index (χ1) is 8.52. The van der Waals surface area contributed by atoms with Gasteiger partial charge >= 0.3 is 5.97 Å². The minimum atomic E-state index is -0.375. The molecule has 0 aliphatic carbocycles. The first kappa shape index (κ1) is 14.2. The van der Waals surface area contributed by atoms with Gasteiger partial charge < -0.3 is 10.1 Å². The molecular weight excluding hydrogens is 230 g/mol. The van der Waals surface area contributed by atoms with Crippen LogP contribution in [0.3, 0.4) is 0 Å². The Morgan fingerprint density at radius 2 is 1.78 bits per heavy atom. The van der Waals surface area contributed by atoms with Crippen LogP contribution in [0.25, 0.3) is 0 Å². The highest BCUT2D eigenvalue weighted by Crippen LogP contribution is 2.17. The molecular formula is C14H19NO3. The van der Waals surface area contributed by atoms with Gasteiger partial charge in [-0.2, -0.15) is 0 Å². The molecule has 1 rings (SSSR count). The Morgan fingerprint density at radius 1 is 1.17 bits per heavy atom. The lowest BCUT2D eigenvalue weighted by Gasteiger charge is -2.08. The molecule has 1 aromatic carbocycles. The van der Waals surface area contributed by atoms with Gasteiger partial charge in [-0.3, -0.25) is 9.59 Å². The summed E-state index contributed by atoms with van der Waals surface area (Å²) < 4.78 is 4.47. The van der Waals surface area contributed by atoms with E-state index in [4.69, 9.17) is 0 Å². The topological polar surface area (TPSA) is 55.4 Å². The molecule has 0 saturated carbocycles.